The zero-order valence-corrected chi connectivity index (χ0v) is 12.9. The molecule has 0 bridgehead atoms. The van der Waals surface area contributed by atoms with Crippen molar-refractivity contribution in [3.8, 4) is 5.75 Å². The number of sulfonamides is 1. The van der Waals surface area contributed by atoms with Gasteiger partial charge in [0.05, 0.1) is 0 Å². The molecule has 1 fully saturated rings. The lowest BCUT2D eigenvalue weighted by atomic mass is 9.89. The molecule has 112 valence electrons. The summed E-state index contributed by atoms with van der Waals surface area (Å²) >= 11 is 0. The van der Waals surface area contributed by atoms with Crippen LogP contribution >= 0.6 is 0 Å². The lowest BCUT2D eigenvalue weighted by molar-refractivity contribution is 0.340. The fourth-order valence-corrected chi connectivity index (χ4v) is 4.39. The van der Waals surface area contributed by atoms with Crippen molar-refractivity contribution in [3.63, 3.8) is 0 Å². The van der Waals surface area contributed by atoms with Crippen LogP contribution in [0.5, 0.6) is 5.75 Å². The number of rotatable bonds is 3. The van der Waals surface area contributed by atoms with Crippen LogP contribution in [0, 0.1) is 11.8 Å². The van der Waals surface area contributed by atoms with Crippen LogP contribution < -0.4 is 0 Å². The predicted molar refractivity (Wildman–Crippen MR) is 79.0 cm³/mol. The number of aromatic hydroxyl groups is 1. The summed E-state index contributed by atoms with van der Waals surface area (Å²) in [5.74, 6) is 1.000. The molecule has 0 amide bonds. The van der Waals surface area contributed by atoms with Gasteiger partial charge < -0.3 is 5.11 Å². The molecule has 1 aromatic carbocycles. The van der Waals surface area contributed by atoms with Gasteiger partial charge in [0.2, 0.25) is 10.0 Å². The molecule has 1 N–H and O–H groups in total. The molecule has 1 aliphatic heterocycles. The largest absolute Gasteiger partial charge is 0.507 e. The third-order valence-corrected chi connectivity index (χ3v) is 6.10. The highest BCUT2D eigenvalue weighted by Crippen LogP contribution is 2.30. The summed E-state index contributed by atoms with van der Waals surface area (Å²) < 4.78 is 26.7. The summed E-state index contributed by atoms with van der Waals surface area (Å²) in [6.45, 7) is 5.47. The second-order valence-electron chi connectivity index (χ2n) is 5.81. The van der Waals surface area contributed by atoms with Crippen LogP contribution in [-0.2, 0) is 10.0 Å². The molecule has 20 heavy (non-hydrogen) atoms. The second-order valence-corrected chi connectivity index (χ2v) is 7.71. The molecule has 1 heterocycles. The molecule has 0 radical (unpaired) electrons. The van der Waals surface area contributed by atoms with Gasteiger partial charge in [-0.3, -0.25) is 0 Å². The van der Waals surface area contributed by atoms with E-state index in [2.05, 4.69) is 13.8 Å². The number of hydrogen-bond acceptors (Lipinski definition) is 3. The molecule has 0 aliphatic carbocycles. The van der Waals surface area contributed by atoms with Gasteiger partial charge in [0.1, 0.15) is 10.6 Å². The van der Waals surface area contributed by atoms with E-state index in [0.717, 1.165) is 19.3 Å². The number of benzene rings is 1. The Balaban J connectivity index is 2.21. The Morgan fingerprint density at radius 2 is 1.90 bits per heavy atom. The molecule has 1 unspecified atom stereocenters. The molecule has 1 atom stereocenters. The zero-order chi connectivity index (χ0) is 14.8. The minimum atomic E-state index is -3.58. The number of para-hydroxylation sites is 1. The van der Waals surface area contributed by atoms with Crippen LogP contribution in [0.3, 0.4) is 0 Å². The smallest absolute Gasteiger partial charge is 0.246 e. The summed E-state index contributed by atoms with van der Waals surface area (Å²) in [5.41, 5.74) is 0. The van der Waals surface area contributed by atoms with Crippen LogP contribution in [0.15, 0.2) is 29.2 Å². The van der Waals surface area contributed by atoms with Crippen LogP contribution in [0.2, 0.25) is 0 Å². The standard InChI is InChI=1S/C15H23NO3S/c1-12(2)13-6-5-10-16(11-9-13)20(18,19)15-8-4-3-7-14(15)17/h3-4,7-8,12-13,17H,5-6,9-11H2,1-2H3. The van der Waals surface area contributed by atoms with Gasteiger partial charge in [0, 0.05) is 13.1 Å². The van der Waals surface area contributed by atoms with Gasteiger partial charge in [0.25, 0.3) is 0 Å². The number of hydrogen-bond donors (Lipinski definition) is 1. The van der Waals surface area contributed by atoms with E-state index < -0.39 is 10.0 Å². The average molecular weight is 297 g/mol. The van der Waals surface area contributed by atoms with Crippen molar-refractivity contribution in [2.45, 2.75) is 38.0 Å². The van der Waals surface area contributed by atoms with E-state index in [1.54, 1.807) is 12.1 Å². The first-order valence-electron chi connectivity index (χ1n) is 7.21. The Kier molecular flexibility index (Phi) is 4.70. The number of phenolic OH excluding ortho intramolecular Hbond substituents is 1. The maximum Gasteiger partial charge on any atom is 0.246 e. The normalized spacial score (nSPS) is 21.9. The monoisotopic (exact) mass is 297 g/mol. The summed E-state index contributed by atoms with van der Waals surface area (Å²) in [6.07, 6.45) is 2.85. The van der Waals surface area contributed by atoms with Crippen molar-refractivity contribution in [2.75, 3.05) is 13.1 Å². The highest BCUT2D eigenvalue weighted by Gasteiger charge is 2.29. The first kappa shape index (κ1) is 15.3. The fourth-order valence-electron chi connectivity index (χ4n) is 2.82. The average Bonchev–Trinajstić information content (AvgIpc) is 2.65. The van der Waals surface area contributed by atoms with Gasteiger partial charge >= 0.3 is 0 Å². The summed E-state index contributed by atoms with van der Waals surface area (Å²) in [4.78, 5) is 0.0167. The van der Waals surface area contributed by atoms with Crippen molar-refractivity contribution in [1.29, 1.82) is 0 Å². The lowest BCUT2D eigenvalue weighted by Crippen LogP contribution is -2.32. The van der Waals surface area contributed by atoms with Crippen molar-refractivity contribution in [2.24, 2.45) is 11.8 Å². The van der Waals surface area contributed by atoms with E-state index >= 15 is 0 Å². The minimum absolute atomic E-state index is 0.0167. The van der Waals surface area contributed by atoms with Crippen LogP contribution in [0.4, 0.5) is 0 Å². The minimum Gasteiger partial charge on any atom is -0.507 e. The Labute approximate surface area is 121 Å². The molecule has 1 saturated heterocycles. The van der Waals surface area contributed by atoms with E-state index in [0.29, 0.717) is 24.9 Å². The quantitative estimate of drug-likeness (QED) is 0.933. The lowest BCUT2D eigenvalue weighted by Gasteiger charge is -2.21. The van der Waals surface area contributed by atoms with Crippen molar-refractivity contribution >= 4 is 10.0 Å². The molecule has 1 aliphatic rings. The van der Waals surface area contributed by atoms with E-state index in [4.69, 9.17) is 0 Å². The molecule has 1 aromatic rings. The third-order valence-electron chi connectivity index (χ3n) is 4.16. The van der Waals surface area contributed by atoms with E-state index in [1.165, 1.54) is 16.4 Å². The Morgan fingerprint density at radius 1 is 1.20 bits per heavy atom. The zero-order valence-electron chi connectivity index (χ0n) is 12.1. The number of phenols is 1. The molecule has 2 rings (SSSR count). The Morgan fingerprint density at radius 3 is 2.55 bits per heavy atom. The first-order valence-corrected chi connectivity index (χ1v) is 8.65. The Hall–Kier alpha value is -1.07. The first-order chi connectivity index (χ1) is 9.43. The molecule has 0 spiro atoms. The molecular weight excluding hydrogens is 274 g/mol. The van der Waals surface area contributed by atoms with Gasteiger partial charge in [0.15, 0.2) is 0 Å². The topological polar surface area (TPSA) is 57.6 Å². The van der Waals surface area contributed by atoms with Crippen molar-refractivity contribution in [1.82, 2.24) is 4.31 Å². The SMILES string of the molecule is CC(C)C1CCCN(S(=O)(=O)c2ccccc2O)CC1. The summed E-state index contributed by atoms with van der Waals surface area (Å²) in [5, 5.41) is 9.78. The molecule has 4 nitrogen and oxygen atoms in total. The fraction of sp³-hybridized carbons (Fsp3) is 0.600. The highest BCUT2D eigenvalue weighted by molar-refractivity contribution is 7.89. The predicted octanol–water partition coefficient (Wildman–Crippen LogP) is 2.84. The van der Waals surface area contributed by atoms with Crippen molar-refractivity contribution in [3.05, 3.63) is 24.3 Å². The molecule has 5 heteroatoms. The van der Waals surface area contributed by atoms with Gasteiger partial charge in [-0.1, -0.05) is 26.0 Å². The summed E-state index contributed by atoms with van der Waals surface area (Å²) in [6, 6.07) is 6.16. The maximum atomic E-state index is 12.6. The summed E-state index contributed by atoms with van der Waals surface area (Å²) in [7, 11) is -3.58. The second kappa shape index (κ2) is 6.14. The van der Waals surface area contributed by atoms with E-state index in [9.17, 15) is 13.5 Å². The van der Waals surface area contributed by atoms with Gasteiger partial charge in [-0.05, 0) is 43.2 Å². The third kappa shape index (κ3) is 3.15. The van der Waals surface area contributed by atoms with E-state index in [1.807, 2.05) is 0 Å². The molecule has 0 aromatic heterocycles. The molecular formula is C15H23NO3S. The maximum absolute atomic E-state index is 12.6. The van der Waals surface area contributed by atoms with Crippen LogP contribution in [-0.4, -0.2) is 30.9 Å². The highest BCUT2D eigenvalue weighted by atomic mass is 32.2. The van der Waals surface area contributed by atoms with Crippen LogP contribution in [0.25, 0.3) is 0 Å². The van der Waals surface area contributed by atoms with Crippen molar-refractivity contribution < 1.29 is 13.5 Å². The molecule has 0 saturated carbocycles. The van der Waals surface area contributed by atoms with Gasteiger partial charge in [-0.25, -0.2) is 8.42 Å². The van der Waals surface area contributed by atoms with Crippen LogP contribution in [0.1, 0.15) is 33.1 Å². The Bertz CT molecular complexity index is 554. The van der Waals surface area contributed by atoms with Gasteiger partial charge in [-0.2, -0.15) is 4.31 Å². The van der Waals surface area contributed by atoms with Gasteiger partial charge in [-0.15, -0.1) is 0 Å². The number of nitrogens with zero attached hydrogens (tertiary/aromatic N) is 1. The van der Waals surface area contributed by atoms with E-state index in [-0.39, 0.29) is 10.6 Å².